The molecule has 1 aromatic heterocycles. The molecule has 0 aliphatic carbocycles. The van der Waals surface area contributed by atoms with E-state index in [4.69, 9.17) is 5.73 Å². The molecule has 5 nitrogen and oxygen atoms in total. The number of rotatable bonds is 4. The number of alkyl halides is 2. The summed E-state index contributed by atoms with van der Waals surface area (Å²) in [6, 6.07) is 6.60. The second-order valence-corrected chi connectivity index (χ2v) is 5.72. The van der Waals surface area contributed by atoms with Crippen LogP contribution in [0.15, 0.2) is 24.3 Å². The van der Waals surface area contributed by atoms with Crippen LogP contribution in [0.1, 0.15) is 32.0 Å². The summed E-state index contributed by atoms with van der Waals surface area (Å²) in [6.07, 6.45) is 0. The van der Waals surface area contributed by atoms with Crippen LogP contribution in [-0.4, -0.2) is 21.6 Å². The molecule has 0 atom stereocenters. The molecule has 7 heteroatoms. The Kier molecular flexibility index (Phi) is 4.11. The number of aromatic nitrogens is 3. The lowest BCUT2D eigenvalue weighted by Gasteiger charge is -2.20. The Hall–Kier alpha value is -2.18. The van der Waals surface area contributed by atoms with E-state index in [9.17, 15) is 8.78 Å². The first kappa shape index (κ1) is 15.2. The molecule has 2 rings (SSSR count). The van der Waals surface area contributed by atoms with Crippen molar-refractivity contribution in [2.45, 2.75) is 39.3 Å². The zero-order valence-corrected chi connectivity index (χ0v) is 12.2. The van der Waals surface area contributed by atoms with Gasteiger partial charge in [0.05, 0.1) is 12.2 Å². The van der Waals surface area contributed by atoms with Gasteiger partial charge in [-0.05, 0) is 6.07 Å². The van der Waals surface area contributed by atoms with Crippen LogP contribution in [-0.2, 0) is 12.0 Å². The van der Waals surface area contributed by atoms with Crippen molar-refractivity contribution in [3.63, 3.8) is 0 Å². The lowest BCUT2D eigenvalue weighted by Crippen LogP contribution is -2.20. The van der Waals surface area contributed by atoms with Crippen molar-refractivity contribution in [2.75, 3.05) is 5.73 Å². The number of ether oxygens (including phenoxy) is 1. The van der Waals surface area contributed by atoms with Crippen LogP contribution in [0.5, 0.6) is 5.75 Å². The van der Waals surface area contributed by atoms with Gasteiger partial charge in [0.2, 0.25) is 0 Å². The number of hydrogen-bond donors (Lipinski definition) is 1. The first-order valence-electron chi connectivity index (χ1n) is 6.51. The number of para-hydroxylation sites is 1. The van der Waals surface area contributed by atoms with Crippen molar-refractivity contribution in [1.29, 1.82) is 0 Å². The highest BCUT2D eigenvalue weighted by Gasteiger charge is 2.24. The molecule has 0 unspecified atom stereocenters. The van der Waals surface area contributed by atoms with Crippen molar-refractivity contribution in [3.05, 3.63) is 35.5 Å². The topological polar surface area (TPSA) is 66.0 Å². The van der Waals surface area contributed by atoms with E-state index in [0.717, 1.165) is 5.69 Å². The van der Waals surface area contributed by atoms with Gasteiger partial charge in [0.1, 0.15) is 5.75 Å². The summed E-state index contributed by atoms with van der Waals surface area (Å²) in [5, 5.41) is 7.87. The van der Waals surface area contributed by atoms with E-state index in [1.54, 1.807) is 22.9 Å². The molecular formula is C14H18F2N4O. The first-order valence-corrected chi connectivity index (χ1v) is 6.51. The molecule has 0 amide bonds. The summed E-state index contributed by atoms with van der Waals surface area (Å²) in [7, 11) is 0. The van der Waals surface area contributed by atoms with E-state index in [2.05, 4.69) is 15.0 Å². The summed E-state index contributed by atoms with van der Waals surface area (Å²) in [5.41, 5.74) is 6.95. The van der Waals surface area contributed by atoms with Gasteiger partial charge in [0.25, 0.3) is 0 Å². The van der Waals surface area contributed by atoms with Gasteiger partial charge in [-0.3, -0.25) is 0 Å². The number of hydrogen-bond acceptors (Lipinski definition) is 4. The molecule has 0 aliphatic rings. The Morgan fingerprint density at radius 2 is 1.95 bits per heavy atom. The smallest absolute Gasteiger partial charge is 0.387 e. The maximum atomic E-state index is 12.4. The van der Waals surface area contributed by atoms with E-state index >= 15 is 0 Å². The summed E-state index contributed by atoms with van der Waals surface area (Å²) in [6.45, 7) is 3.36. The van der Waals surface area contributed by atoms with Gasteiger partial charge in [-0.15, -0.1) is 5.10 Å². The van der Waals surface area contributed by atoms with Gasteiger partial charge in [0, 0.05) is 11.0 Å². The van der Waals surface area contributed by atoms with Crippen LogP contribution in [0.3, 0.4) is 0 Å². The van der Waals surface area contributed by atoms with Crippen molar-refractivity contribution in [3.8, 4) is 5.75 Å². The molecule has 2 N–H and O–H groups in total. The van der Waals surface area contributed by atoms with Crippen molar-refractivity contribution >= 4 is 5.82 Å². The Labute approximate surface area is 121 Å². The minimum absolute atomic E-state index is 0.126. The second kappa shape index (κ2) is 5.67. The van der Waals surface area contributed by atoms with E-state index in [-0.39, 0.29) is 17.7 Å². The largest absolute Gasteiger partial charge is 0.434 e. The third-order valence-electron chi connectivity index (χ3n) is 2.98. The first-order chi connectivity index (χ1) is 9.79. The number of nitrogens with two attached hydrogens (primary N) is 1. The van der Waals surface area contributed by atoms with E-state index in [0.29, 0.717) is 11.4 Å². The molecule has 114 valence electrons. The molecule has 0 bridgehead atoms. The third kappa shape index (κ3) is 3.48. The fourth-order valence-corrected chi connectivity index (χ4v) is 2.22. The normalized spacial score (nSPS) is 11.9. The minimum atomic E-state index is -2.87. The van der Waals surface area contributed by atoms with Crippen LogP contribution in [0, 0.1) is 0 Å². The van der Waals surface area contributed by atoms with Crippen molar-refractivity contribution in [1.82, 2.24) is 15.0 Å². The SMILES string of the molecule is CC(C)(C)c1c(N)nnn1Cc1ccccc1OC(F)F. The van der Waals surface area contributed by atoms with Gasteiger partial charge in [-0.2, -0.15) is 8.78 Å². The quantitative estimate of drug-likeness (QED) is 0.942. The van der Waals surface area contributed by atoms with Crippen LogP contribution in [0.2, 0.25) is 0 Å². The monoisotopic (exact) mass is 296 g/mol. The molecule has 0 spiro atoms. The Morgan fingerprint density at radius 3 is 2.57 bits per heavy atom. The Morgan fingerprint density at radius 1 is 1.29 bits per heavy atom. The molecular weight excluding hydrogens is 278 g/mol. The highest BCUT2D eigenvalue weighted by atomic mass is 19.3. The zero-order valence-electron chi connectivity index (χ0n) is 12.2. The van der Waals surface area contributed by atoms with Crippen LogP contribution in [0.4, 0.5) is 14.6 Å². The number of nitrogens with zero attached hydrogens (tertiary/aromatic N) is 3. The summed E-state index contributed by atoms with van der Waals surface area (Å²) >= 11 is 0. The predicted molar refractivity (Wildman–Crippen MR) is 75.3 cm³/mol. The fraction of sp³-hybridized carbons (Fsp3) is 0.429. The van der Waals surface area contributed by atoms with E-state index in [1.165, 1.54) is 6.07 Å². The molecule has 21 heavy (non-hydrogen) atoms. The summed E-state index contributed by atoms with van der Waals surface area (Å²) in [4.78, 5) is 0. The standard InChI is InChI=1S/C14H18F2N4O/c1-14(2,3)11-12(17)18-19-20(11)8-9-6-4-5-7-10(9)21-13(15)16/h4-7,13H,8,17H2,1-3H3. The third-order valence-corrected chi connectivity index (χ3v) is 2.98. The molecule has 0 saturated carbocycles. The van der Waals surface area contributed by atoms with Gasteiger partial charge in [0.15, 0.2) is 5.82 Å². The highest BCUT2D eigenvalue weighted by Crippen LogP contribution is 2.28. The number of halogens is 2. The molecule has 0 saturated heterocycles. The fourth-order valence-electron chi connectivity index (χ4n) is 2.22. The van der Waals surface area contributed by atoms with Gasteiger partial charge < -0.3 is 10.5 Å². The Bertz CT molecular complexity index is 620. The molecule has 0 radical (unpaired) electrons. The van der Waals surface area contributed by atoms with Crippen LogP contribution < -0.4 is 10.5 Å². The van der Waals surface area contributed by atoms with Gasteiger partial charge in [-0.25, -0.2) is 4.68 Å². The second-order valence-electron chi connectivity index (χ2n) is 5.72. The molecule has 1 aromatic carbocycles. The summed E-state index contributed by atoms with van der Waals surface area (Å²) in [5.74, 6) is 0.469. The maximum Gasteiger partial charge on any atom is 0.387 e. The zero-order chi connectivity index (χ0) is 15.6. The van der Waals surface area contributed by atoms with Crippen LogP contribution in [0.25, 0.3) is 0 Å². The number of nitrogen functional groups attached to an aromatic ring is 1. The van der Waals surface area contributed by atoms with E-state index < -0.39 is 6.61 Å². The summed E-state index contributed by atoms with van der Waals surface area (Å²) < 4.78 is 31.0. The lowest BCUT2D eigenvalue weighted by atomic mass is 9.91. The predicted octanol–water partition coefficient (Wildman–Crippen LogP) is 2.81. The molecule has 1 heterocycles. The Balaban J connectivity index is 2.36. The number of anilines is 1. The lowest BCUT2D eigenvalue weighted by molar-refractivity contribution is -0.0505. The molecule has 0 aliphatic heterocycles. The van der Waals surface area contributed by atoms with Crippen LogP contribution >= 0.6 is 0 Å². The maximum absolute atomic E-state index is 12.4. The van der Waals surface area contributed by atoms with Crippen molar-refractivity contribution < 1.29 is 13.5 Å². The van der Waals surface area contributed by atoms with Crippen molar-refractivity contribution in [2.24, 2.45) is 0 Å². The average Bonchev–Trinajstić information content (AvgIpc) is 2.72. The minimum Gasteiger partial charge on any atom is -0.434 e. The highest BCUT2D eigenvalue weighted by molar-refractivity contribution is 5.39. The molecule has 0 fully saturated rings. The van der Waals surface area contributed by atoms with E-state index in [1.807, 2.05) is 20.8 Å². The molecule has 2 aromatic rings. The van der Waals surface area contributed by atoms with Gasteiger partial charge in [-0.1, -0.05) is 44.2 Å². The van der Waals surface area contributed by atoms with Gasteiger partial charge >= 0.3 is 6.61 Å². The number of benzene rings is 1. The average molecular weight is 296 g/mol.